The van der Waals surface area contributed by atoms with Crippen molar-refractivity contribution in [1.29, 1.82) is 5.26 Å². The number of hydrogen-bond donors (Lipinski definition) is 1. The number of anilines is 1. The zero-order valence-electron chi connectivity index (χ0n) is 8.59. The van der Waals surface area contributed by atoms with E-state index in [0.29, 0.717) is 30.3 Å². The fourth-order valence-electron chi connectivity index (χ4n) is 1.19. The van der Waals surface area contributed by atoms with Gasteiger partial charge >= 0.3 is 0 Å². The summed E-state index contributed by atoms with van der Waals surface area (Å²) in [4.78, 5) is 0. The molecular formula is C11H13ClN2O. The normalized spacial score (nSPS) is 9.67. The van der Waals surface area contributed by atoms with E-state index in [2.05, 4.69) is 11.4 Å². The van der Waals surface area contributed by atoms with Crippen LogP contribution >= 0.6 is 11.6 Å². The molecule has 1 aromatic carbocycles. The van der Waals surface area contributed by atoms with E-state index >= 15 is 0 Å². The van der Waals surface area contributed by atoms with Crippen LogP contribution < -0.4 is 5.32 Å². The number of benzene rings is 1. The van der Waals surface area contributed by atoms with Crippen molar-refractivity contribution in [3.8, 4) is 6.07 Å². The fourth-order valence-corrected chi connectivity index (χ4v) is 1.40. The van der Waals surface area contributed by atoms with Gasteiger partial charge in [0, 0.05) is 13.2 Å². The van der Waals surface area contributed by atoms with Gasteiger partial charge in [0.15, 0.2) is 0 Å². The maximum Gasteiger partial charge on any atom is 0.103 e. The molecule has 0 aromatic heterocycles. The molecule has 0 atom stereocenters. The number of halogens is 1. The number of rotatable bonds is 5. The molecule has 3 nitrogen and oxygen atoms in total. The Bertz CT molecular complexity index is 360. The Morgan fingerprint density at radius 3 is 3.00 bits per heavy atom. The topological polar surface area (TPSA) is 45.0 Å². The molecule has 4 heteroatoms. The first-order chi connectivity index (χ1) is 7.29. The van der Waals surface area contributed by atoms with Crippen molar-refractivity contribution in [1.82, 2.24) is 0 Å². The van der Waals surface area contributed by atoms with Gasteiger partial charge in [0.1, 0.15) is 6.07 Å². The van der Waals surface area contributed by atoms with Gasteiger partial charge in [0.2, 0.25) is 0 Å². The first-order valence-electron chi connectivity index (χ1n) is 4.79. The van der Waals surface area contributed by atoms with Crippen LogP contribution in [0.25, 0.3) is 0 Å². The molecule has 0 aliphatic carbocycles. The fraction of sp³-hybridized carbons (Fsp3) is 0.364. The van der Waals surface area contributed by atoms with Crippen LogP contribution in [0.15, 0.2) is 18.2 Å². The smallest absolute Gasteiger partial charge is 0.103 e. The highest BCUT2D eigenvalue weighted by Gasteiger charge is 2.04. The van der Waals surface area contributed by atoms with Crippen LogP contribution in [0.2, 0.25) is 5.02 Å². The molecule has 0 radical (unpaired) electrons. The highest BCUT2D eigenvalue weighted by molar-refractivity contribution is 6.32. The SMILES string of the molecule is CCOCCNc1cccc(Cl)c1C#N. The predicted octanol–water partition coefficient (Wildman–Crippen LogP) is 2.66. The van der Waals surface area contributed by atoms with Gasteiger partial charge in [0.25, 0.3) is 0 Å². The van der Waals surface area contributed by atoms with Crippen molar-refractivity contribution >= 4 is 17.3 Å². The summed E-state index contributed by atoms with van der Waals surface area (Å²) in [6, 6.07) is 7.41. The summed E-state index contributed by atoms with van der Waals surface area (Å²) < 4.78 is 5.18. The predicted molar refractivity (Wildman–Crippen MR) is 61.1 cm³/mol. The minimum Gasteiger partial charge on any atom is -0.382 e. The molecule has 1 rings (SSSR count). The molecular weight excluding hydrogens is 212 g/mol. The molecule has 80 valence electrons. The third kappa shape index (κ3) is 3.43. The average Bonchev–Trinajstić information content (AvgIpc) is 2.24. The quantitative estimate of drug-likeness (QED) is 0.783. The monoisotopic (exact) mass is 224 g/mol. The molecule has 0 saturated carbocycles. The Labute approximate surface area is 94.6 Å². The maximum atomic E-state index is 8.90. The van der Waals surface area contributed by atoms with Crippen molar-refractivity contribution in [2.75, 3.05) is 25.1 Å². The average molecular weight is 225 g/mol. The van der Waals surface area contributed by atoms with Gasteiger partial charge in [-0.2, -0.15) is 5.26 Å². The van der Waals surface area contributed by atoms with Crippen LogP contribution in [0.5, 0.6) is 0 Å². The van der Waals surface area contributed by atoms with Gasteiger partial charge in [-0.25, -0.2) is 0 Å². The van der Waals surface area contributed by atoms with Crippen LogP contribution in [0, 0.1) is 11.3 Å². The number of nitrogens with zero attached hydrogens (tertiary/aromatic N) is 1. The van der Waals surface area contributed by atoms with Crippen LogP contribution in [0.4, 0.5) is 5.69 Å². The molecule has 15 heavy (non-hydrogen) atoms. The number of nitrogens with one attached hydrogen (secondary N) is 1. The van der Waals surface area contributed by atoms with E-state index in [1.807, 2.05) is 19.1 Å². The summed E-state index contributed by atoms with van der Waals surface area (Å²) >= 11 is 5.88. The minimum atomic E-state index is 0.471. The lowest BCUT2D eigenvalue weighted by molar-refractivity contribution is 0.158. The van der Waals surface area contributed by atoms with E-state index in [1.165, 1.54) is 0 Å². The summed E-state index contributed by atoms with van der Waals surface area (Å²) in [5, 5.41) is 12.5. The van der Waals surface area contributed by atoms with Crippen molar-refractivity contribution < 1.29 is 4.74 Å². The van der Waals surface area contributed by atoms with Crippen LogP contribution in [0.3, 0.4) is 0 Å². The standard InChI is InChI=1S/C11H13ClN2O/c1-2-15-7-6-14-11-5-3-4-10(12)9(11)8-13/h3-5,14H,2,6-7H2,1H3. The van der Waals surface area contributed by atoms with E-state index in [4.69, 9.17) is 21.6 Å². The molecule has 0 aliphatic heterocycles. The van der Waals surface area contributed by atoms with Gasteiger partial charge < -0.3 is 10.1 Å². The van der Waals surface area contributed by atoms with Gasteiger partial charge in [-0.05, 0) is 19.1 Å². The molecule has 0 heterocycles. The van der Waals surface area contributed by atoms with Gasteiger partial charge in [-0.3, -0.25) is 0 Å². The van der Waals surface area contributed by atoms with Crippen LogP contribution in [-0.4, -0.2) is 19.8 Å². The first-order valence-corrected chi connectivity index (χ1v) is 5.17. The van der Waals surface area contributed by atoms with Crippen molar-refractivity contribution in [2.24, 2.45) is 0 Å². The highest BCUT2D eigenvalue weighted by atomic mass is 35.5. The molecule has 0 saturated heterocycles. The zero-order valence-corrected chi connectivity index (χ0v) is 9.34. The van der Waals surface area contributed by atoms with E-state index in [0.717, 1.165) is 5.69 Å². The lowest BCUT2D eigenvalue weighted by Crippen LogP contribution is -2.10. The van der Waals surface area contributed by atoms with E-state index in [9.17, 15) is 0 Å². The third-order valence-corrected chi connectivity index (χ3v) is 2.21. The maximum absolute atomic E-state index is 8.90. The second kappa shape index (κ2) is 6.28. The van der Waals surface area contributed by atoms with Gasteiger partial charge in [0.05, 0.1) is 22.9 Å². The second-order valence-electron chi connectivity index (χ2n) is 2.90. The van der Waals surface area contributed by atoms with Crippen molar-refractivity contribution in [3.63, 3.8) is 0 Å². The van der Waals surface area contributed by atoms with Gasteiger partial charge in [-0.15, -0.1) is 0 Å². The molecule has 0 amide bonds. The third-order valence-electron chi connectivity index (χ3n) is 1.89. The molecule has 1 aromatic rings. The minimum absolute atomic E-state index is 0.471. The van der Waals surface area contributed by atoms with Gasteiger partial charge in [-0.1, -0.05) is 17.7 Å². The van der Waals surface area contributed by atoms with Crippen LogP contribution in [0.1, 0.15) is 12.5 Å². The Kier molecular flexibility index (Phi) is 4.96. The Morgan fingerprint density at radius 2 is 2.33 bits per heavy atom. The Morgan fingerprint density at radius 1 is 1.53 bits per heavy atom. The summed E-state index contributed by atoms with van der Waals surface area (Å²) in [6.07, 6.45) is 0. The number of hydrogen-bond acceptors (Lipinski definition) is 3. The zero-order chi connectivity index (χ0) is 11.1. The number of nitriles is 1. The largest absolute Gasteiger partial charge is 0.382 e. The molecule has 1 N–H and O–H groups in total. The lowest BCUT2D eigenvalue weighted by Gasteiger charge is -2.08. The molecule has 0 aliphatic rings. The molecule has 0 unspecified atom stereocenters. The summed E-state index contributed by atoms with van der Waals surface area (Å²) in [7, 11) is 0. The van der Waals surface area contributed by atoms with E-state index in [-0.39, 0.29) is 0 Å². The summed E-state index contributed by atoms with van der Waals surface area (Å²) in [5.41, 5.74) is 1.24. The molecule has 0 spiro atoms. The van der Waals surface area contributed by atoms with Crippen molar-refractivity contribution in [3.05, 3.63) is 28.8 Å². The molecule has 0 fully saturated rings. The van der Waals surface area contributed by atoms with Crippen LogP contribution in [-0.2, 0) is 4.74 Å². The van der Waals surface area contributed by atoms with E-state index < -0.39 is 0 Å². The number of ether oxygens (including phenoxy) is 1. The highest BCUT2D eigenvalue weighted by Crippen LogP contribution is 2.22. The lowest BCUT2D eigenvalue weighted by atomic mass is 10.2. The van der Waals surface area contributed by atoms with Crippen molar-refractivity contribution in [2.45, 2.75) is 6.92 Å². The Balaban J connectivity index is 2.61. The second-order valence-corrected chi connectivity index (χ2v) is 3.31. The summed E-state index contributed by atoms with van der Waals surface area (Å²) in [5.74, 6) is 0. The first kappa shape index (κ1) is 11.8. The summed E-state index contributed by atoms with van der Waals surface area (Å²) in [6.45, 7) is 3.93. The Hall–Kier alpha value is -1.24. The van der Waals surface area contributed by atoms with E-state index in [1.54, 1.807) is 6.07 Å². The molecule has 0 bridgehead atoms.